The summed E-state index contributed by atoms with van der Waals surface area (Å²) in [4.78, 5) is 38.3. The van der Waals surface area contributed by atoms with Gasteiger partial charge in [-0.05, 0) is 12.8 Å². The fourth-order valence-corrected chi connectivity index (χ4v) is 2.18. The number of rotatable bonds is 2. The molecule has 5 N–H and O–H groups in total. The van der Waals surface area contributed by atoms with Crippen molar-refractivity contribution >= 4 is 5.91 Å². The average Bonchev–Trinajstić information content (AvgIpc) is 2.31. The van der Waals surface area contributed by atoms with Gasteiger partial charge in [0.2, 0.25) is 0 Å². The number of carbonyl (C=O) groups is 1. The van der Waals surface area contributed by atoms with Gasteiger partial charge in [0.1, 0.15) is 5.69 Å². The molecular formula is C11H16N4O3. The molecule has 1 aliphatic rings. The summed E-state index contributed by atoms with van der Waals surface area (Å²) in [6.45, 7) is 0. The van der Waals surface area contributed by atoms with Crippen LogP contribution < -0.4 is 22.3 Å². The number of amides is 1. The van der Waals surface area contributed by atoms with Gasteiger partial charge in [0.05, 0.1) is 0 Å². The van der Waals surface area contributed by atoms with Crippen molar-refractivity contribution in [3.8, 4) is 0 Å². The van der Waals surface area contributed by atoms with Gasteiger partial charge in [-0.1, -0.05) is 12.8 Å². The first kappa shape index (κ1) is 12.6. The minimum atomic E-state index is -0.694. The molecule has 1 amide bonds. The van der Waals surface area contributed by atoms with Gasteiger partial charge in [0.25, 0.3) is 11.5 Å². The summed E-state index contributed by atoms with van der Waals surface area (Å²) in [5.74, 6) is -0.472. The van der Waals surface area contributed by atoms with Crippen molar-refractivity contribution in [3.63, 3.8) is 0 Å². The van der Waals surface area contributed by atoms with Crippen LogP contribution in [0.3, 0.4) is 0 Å². The summed E-state index contributed by atoms with van der Waals surface area (Å²) in [7, 11) is 0. The Labute approximate surface area is 103 Å². The van der Waals surface area contributed by atoms with Crippen LogP contribution in [-0.4, -0.2) is 28.0 Å². The molecule has 7 nitrogen and oxygen atoms in total. The van der Waals surface area contributed by atoms with Crippen LogP contribution in [0.2, 0.25) is 0 Å². The van der Waals surface area contributed by atoms with E-state index in [1.165, 1.54) is 0 Å². The lowest BCUT2D eigenvalue weighted by Crippen LogP contribution is -2.49. The van der Waals surface area contributed by atoms with Crippen LogP contribution in [-0.2, 0) is 0 Å². The first-order valence-electron chi connectivity index (χ1n) is 5.96. The van der Waals surface area contributed by atoms with E-state index < -0.39 is 17.2 Å². The summed E-state index contributed by atoms with van der Waals surface area (Å²) in [5.41, 5.74) is 4.58. The summed E-state index contributed by atoms with van der Waals surface area (Å²) in [6.07, 6.45) is 3.77. The van der Waals surface area contributed by atoms with E-state index in [-0.39, 0.29) is 17.8 Å². The van der Waals surface area contributed by atoms with E-state index in [9.17, 15) is 14.4 Å². The molecule has 2 atom stereocenters. The predicted molar refractivity (Wildman–Crippen MR) is 65.4 cm³/mol. The highest BCUT2D eigenvalue weighted by molar-refractivity contribution is 5.92. The summed E-state index contributed by atoms with van der Waals surface area (Å²) in [5, 5.41) is 2.75. The molecule has 1 aromatic rings. The molecule has 1 heterocycles. The van der Waals surface area contributed by atoms with E-state index in [0.717, 1.165) is 31.7 Å². The fraction of sp³-hybridized carbons (Fsp3) is 0.545. The van der Waals surface area contributed by atoms with E-state index in [2.05, 4.69) is 10.3 Å². The van der Waals surface area contributed by atoms with Crippen LogP contribution in [0.5, 0.6) is 0 Å². The molecule has 98 valence electrons. The van der Waals surface area contributed by atoms with Crippen LogP contribution in [0.15, 0.2) is 15.7 Å². The fourth-order valence-electron chi connectivity index (χ4n) is 2.18. The van der Waals surface area contributed by atoms with Crippen LogP contribution in [0, 0.1) is 0 Å². The maximum absolute atomic E-state index is 11.9. The van der Waals surface area contributed by atoms with E-state index in [1.807, 2.05) is 4.98 Å². The van der Waals surface area contributed by atoms with Crippen LogP contribution in [0.1, 0.15) is 36.2 Å². The van der Waals surface area contributed by atoms with Crippen molar-refractivity contribution in [1.82, 2.24) is 15.3 Å². The number of carbonyl (C=O) groups excluding carboxylic acids is 1. The molecule has 2 rings (SSSR count). The number of hydrogen-bond acceptors (Lipinski definition) is 4. The Kier molecular flexibility index (Phi) is 3.61. The second-order valence-corrected chi connectivity index (χ2v) is 4.53. The second kappa shape index (κ2) is 5.18. The molecule has 18 heavy (non-hydrogen) atoms. The molecule has 0 saturated heterocycles. The van der Waals surface area contributed by atoms with Gasteiger partial charge in [-0.15, -0.1) is 0 Å². The van der Waals surface area contributed by atoms with Crippen molar-refractivity contribution in [2.24, 2.45) is 5.73 Å². The third-order valence-corrected chi connectivity index (χ3v) is 3.14. The lowest BCUT2D eigenvalue weighted by Gasteiger charge is -2.29. The molecule has 0 aromatic carbocycles. The molecule has 1 aromatic heterocycles. The molecule has 1 fully saturated rings. The van der Waals surface area contributed by atoms with Gasteiger partial charge in [-0.2, -0.15) is 0 Å². The van der Waals surface area contributed by atoms with E-state index in [1.54, 1.807) is 0 Å². The molecule has 1 aliphatic carbocycles. The minimum Gasteiger partial charge on any atom is -0.346 e. The van der Waals surface area contributed by atoms with Gasteiger partial charge in [0, 0.05) is 18.2 Å². The van der Waals surface area contributed by atoms with Gasteiger partial charge in [0.15, 0.2) is 0 Å². The van der Waals surface area contributed by atoms with E-state index in [4.69, 9.17) is 5.73 Å². The first-order chi connectivity index (χ1) is 8.56. The summed E-state index contributed by atoms with van der Waals surface area (Å²) in [6, 6.07) is 0.885. The Hall–Kier alpha value is -1.89. The van der Waals surface area contributed by atoms with Gasteiger partial charge in [-0.3, -0.25) is 14.6 Å². The molecule has 1 saturated carbocycles. The first-order valence-corrected chi connectivity index (χ1v) is 5.96. The highest BCUT2D eigenvalue weighted by Gasteiger charge is 2.24. The van der Waals surface area contributed by atoms with Gasteiger partial charge >= 0.3 is 5.69 Å². The molecular weight excluding hydrogens is 236 g/mol. The minimum absolute atomic E-state index is 0.0403. The molecule has 7 heteroatoms. The normalized spacial score (nSPS) is 23.6. The van der Waals surface area contributed by atoms with Gasteiger partial charge < -0.3 is 16.0 Å². The lowest BCUT2D eigenvalue weighted by atomic mass is 9.91. The maximum atomic E-state index is 11.9. The van der Waals surface area contributed by atoms with Crippen molar-refractivity contribution < 1.29 is 4.79 Å². The molecule has 0 unspecified atom stereocenters. The smallest absolute Gasteiger partial charge is 0.326 e. The van der Waals surface area contributed by atoms with Crippen LogP contribution >= 0.6 is 0 Å². The Morgan fingerprint density at radius 1 is 1.28 bits per heavy atom. The zero-order chi connectivity index (χ0) is 13.1. The predicted octanol–water partition coefficient (Wildman–Crippen LogP) is -0.937. The monoisotopic (exact) mass is 252 g/mol. The third kappa shape index (κ3) is 2.86. The lowest BCUT2D eigenvalue weighted by molar-refractivity contribution is 0.0915. The summed E-state index contributed by atoms with van der Waals surface area (Å²) < 4.78 is 0. The molecule has 0 spiro atoms. The zero-order valence-electron chi connectivity index (χ0n) is 9.86. The highest BCUT2D eigenvalue weighted by atomic mass is 16.2. The number of H-pyrrole nitrogens is 2. The van der Waals surface area contributed by atoms with Crippen molar-refractivity contribution in [2.45, 2.75) is 37.8 Å². The molecule has 0 radical (unpaired) electrons. The quantitative estimate of drug-likeness (QED) is 0.543. The SMILES string of the molecule is N[C@@H]1CCCC[C@H]1NC(=O)c1cc(=O)[nH]c(=O)[nH]1. The Morgan fingerprint density at radius 2 is 2.00 bits per heavy atom. The van der Waals surface area contributed by atoms with E-state index >= 15 is 0 Å². The Balaban J connectivity index is 2.11. The zero-order valence-corrected chi connectivity index (χ0v) is 9.86. The Morgan fingerprint density at radius 3 is 2.67 bits per heavy atom. The summed E-state index contributed by atoms with van der Waals surface area (Å²) >= 11 is 0. The largest absolute Gasteiger partial charge is 0.346 e. The van der Waals surface area contributed by atoms with E-state index in [0.29, 0.717) is 0 Å². The second-order valence-electron chi connectivity index (χ2n) is 4.53. The van der Waals surface area contributed by atoms with Gasteiger partial charge in [-0.25, -0.2) is 4.79 Å². The van der Waals surface area contributed by atoms with Crippen LogP contribution in [0.4, 0.5) is 0 Å². The topological polar surface area (TPSA) is 121 Å². The maximum Gasteiger partial charge on any atom is 0.326 e. The Bertz CT molecular complexity index is 519. The number of aromatic nitrogens is 2. The number of nitrogens with one attached hydrogen (secondary N) is 3. The number of aromatic amines is 2. The van der Waals surface area contributed by atoms with Crippen molar-refractivity contribution in [3.05, 3.63) is 32.6 Å². The third-order valence-electron chi connectivity index (χ3n) is 3.14. The number of hydrogen-bond donors (Lipinski definition) is 4. The standard InChI is InChI=1S/C11H16N4O3/c12-6-3-1-2-4-7(6)13-10(17)8-5-9(16)15-11(18)14-8/h5-7H,1-4,12H2,(H,13,17)(H2,14,15,16,18)/t6-,7-/m1/s1. The molecule has 0 aliphatic heterocycles. The van der Waals surface area contributed by atoms with Crippen LogP contribution in [0.25, 0.3) is 0 Å². The average molecular weight is 252 g/mol. The highest BCUT2D eigenvalue weighted by Crippen LogP contribution is 2.16. The molecule has 0 bridgehead atoms. The van der Waals surface area contributed by atoms with Crippen molar-refractivity contribution in [2.75, 3.05) is 0 Å². The van der Waals surface area contributed by atoms with Crippen molar-refractivity contribution in [1.29, 1.82) is 0 Å². The number of nitrogens with two attached hydrogens (primary N) is 1.